The Hall–Kier alpha value is -3.80. The second kappa shape index (κ2) is 9.56. The summed E-state index contributed by atoms with van der Waals surface area (Å²) in [5.74, 6) is 0.367. The molecule has 6 heteroatoms. The maximum Gasteiger partial charge on any atom is 0.226 e. The summed E-state index contributed by atoms with van der Waals surface area (Å²) < 4.78 is 5.21. The highest BCUT2D eigenvalue weighted by atomic mass is 16.5. The van der Waals surface area contributed by atoms with E-state index in [1.54, 1.807) is 7.11 Å². The number of ether oxygens (including phenoxy) is 1. The molecule has 164 valence electrons. The van der Waals surface area contributed by atoms with Gasteiger partial charge in [-0.1, -0.05) is 42.5 Å². The minimum Gasteiger partial charge on any atom is -0.497 e. The van der Waals surface area contributed by atoms with E-state index in [2.05, 4.69) is 33.7 Å². The van der Waals surface area contributed by atoms with Crippen molar-refractivity contribution in [3.05, 3.63) is 83.9 Å². The maximum atomic E-state index is 13.0. The highest BCUT2D eigenvalue weighted by molar-refractivity contribution is 5.96. The molecule has 0 saturated carbocycles. The molecule has 0 spiro atoms. The van der Waals surface area contributed by atoms with Crippen LogP contribution in [0.15, 0.2) is 72.8 Å². The lowest BCUT2D eigenvalue weighted by atomic mass is 10.0. The summed E-state index contributed by atoms with van der Waals surface area (Å²) in [5, 5.41) is 5.94. The largest absolute Gasteiger partial charge is 0.497 e. The summed E-state index contributed by atoms with van der Waals surface area (Å²) in [6.07, 6.45) is 1.09. The fraction of sp³-hybridized carbons (Fsp3) is 0.231. The number of amides is 2. The zero-order valence-electron chi connectivity index (χ0n) is 18.3. The Morgan fingerprint density at radius 1 is 0.969 bits per heavy atom. The van der Waals surface area contributed by atoms with Crippen LogP contribution in [0.3, 0.4) is 0 Å². The number of carbonyl (C=O) groups excluding carboxylic acids is 2. The van der Waals surface area contributed by atoms with Gasteiger partial charge in [-0.05, 0) is 47.9 Å². The van der Waals surface area contributed by atoms with E-state index in [4.69, 9.17) is 4.74 Å². The Balaban J connectivity index is 1.52. The molecule has 0 radical (unpaired) electrons. The van der Waals surface area contributed by atoms with Crippen molar-refractivity contribution in [1.82, 2.24) is 5.32 Å². The van der Waals surface area contributed by atoms with Crippen LogP contribution >= 0.6 is 0 Å². The lowest BCUT2D eigenvalue weighted by Gasteiger charge is -2.24. The smallest absolute Gasteiger partial charge is 0.226 e. The number of hydrogen-bond donors (Lipinski definition) is 2. The average molecular weight is 430 g/mol. The van der Waals surface area contributed by atoms with Gasteiger partial charge in [0, 0.05) is 19.2 Å². The summed E-state index contributed by atoms with van der Waals surface area (Å²) in [5.41, 5.74) is 5.04. The molecule has 6 nitrogen and oxygen atoms in total. The van der Waals surface area contributed by atoms with E-state index in [9.17, 15) is 9.59 Å². The molecular weight excluding hydrogens is 402 g/mol. The normalized spacial score (nSPS) is 13.2. The number of fused-ring (bicyclic) bond motifs is 1. The number of nitrogens with zero attached hydrogens (tertiary/aromatic N) is 1. The fourth-order valence-corrected chi connectivity index (χ4v) is 4.12. The molecule has 4 rings (SSSR count). The van der Waals surface area contributed by atoms with Gasteiger partial charge in [-0.2, -0.15) is 0 Å². The minimum atomic E-state index is -0.432. The van der Waals surface area contributed by atoms with Crippen LogP contribution in [0.5, 0.6) is 5.75 Å². The van der Waals surface area contributed by atoms with Gasteiger partial charge in [-0.15, -0.1) is 0 Å². The zero-order chi connectivity index (χ0) is 22.5. The van der Waals surface area contributed by atoms with Crippen molar-refractivity contribution in [1.29, 1.82) is 0 Å². The predicted molar refractivity (Wildman–Crippen MR) is 126 cm³/mol. The van der Waals surface area contributed by atoms with Gasteiger partial charge in [0.15, 0.2) is 0 Å². The third kappa shape index (κ3) is 4.75. The number of carbonyl (C=O) groups is 2. The van der Waals surface area contributed by atoms with Crippen LogP contribution in [0.25, 0.3) is 0 Å². The van der Waals surface area contributed by atoms with Crippen molar-refractivity contribution in [2.75, 3.05) is 23.9 Å². The first-order valence-corrected chi connectivity index (χ1v) is 10.7. The van der Waals surface area contributed by atoms with Gasteiger partial charge in [-0.25, -0.2) is 0 Å². The number of anilines is 3. The van der Waals surface area contributed by atoms with Crippen LogP contribution in [-0.2, 0) is 16.0 Å². The van der Waals surface area contributed by atoms with Gasteiger partial charge >= 0.3 is 0 Å². The first-order chi connectivity index (χ1) is 15.5. The third-order valence-corrected chi connectivity index (χ3v) is 5.64. The fourth-order valence-electron chi connectivity index (χ4n) is 4.12. The molecule has 1 unspecified atom stereocenters. The lowest BCUT2D eigenvalue weighted by molar-refractivity contribution is -0.120. The topological polar surface area (TPSA) is 70.7 Å². The summed E-state index contributed by atoms with van der Waals surface area (Å²) in [7, 11) is 1.60. The van der Waals surface area contributed by atoms with Crippen molar-refractivity contribution in [2.45, 2.75) is 25.8 Å². The van der Waals surface area contributed by atoms with Gasteiger partial charge in [-0.3, -0.25) is 9.59 Å². The minimum absolute atomic E-state index is 0.122. The van der Waals surface area contributed by atoms with Crippen LogP contribution in [0, 0.1) is 0 Å². The molecular formula is C26H27N3O3. The molecule has 1 aliphatic rings. The van der Waals surface area contributed by atoms with E-state index in [1.807, 2.05) is 54.6 Å². The number of benzene rings is 3. The van der Waals surface area contributed by atoms with E-state index in [0.717, 1.165) is 35.7 Å². The number of rotatable bonds is 7. The van der Waals surface area contributed by atoms with Crippen molar-refractivity contribution in [2.24, 2.45) is 0 Å². The molecule has 0 aromatic heterocycles. The Kier molecular flexibility index (Phi) is 6.40. The molecule has 3 aromatic rings. The standard InChI is InChI=1S/C26H27N3O3/c1-18(30)27-23(19-11-13-21(32-2)14-12-19)17-26(31)28-22-8-4-6-10-25(22)29-16-15-20-7-3-5-9-24(20)29/h3-14,23H,15-17H2,1-2H3,(H,27,30)(H,28,31). The Labute approximate surface area is 188 Å². The zero-order valence-corrected chi connectivity index (χ0v) is 18.3. The number of para-hydroxylation sites is 3. The van der Waals surface area contributed by atoms with E-state index in [-0.39, 0.29) is 18.2 Å². The van der Waals surface area contributed by atoms with Gasteiger partial charge in [0.25, 0.3) is 0 Å². The molecule has 0 fully saturated rings. The highest BCUT2D eigenvalue weighted by Crippen LogP contribution is 2.38. The Bertz CT molecular complexity index is 1110. The number of nitrogens with one attached hydrogen (secondary N) is 2. The highest BCUT2D eigenvalue weighted by Gasteiger charge is 2.23. The van der Waals surface area contributed by atoms with Crippen LogP contribution in [-0.4, -0.2) is 25.5 Å². The first-order valence-electron chi connectivity index (χ1n) is 10.7. The SMILES string of the molecule is COc1ccc(C(CC(=O)Nc2ccccc2N2CCc3ccccc32)NC(C)=O)cc1. The van der Waals surface area contributed by atoms with E-state index >= 15 is 0 Å². The van der Waals surface area contributed by atoms with Crippen molar-refractivity contribution < 1.29 is 14.3 Å². The lowest BCUT2D eigenvalue weighted by Crippen LogP contribution is -2.30. The molecule has 1 aliphatic heterocycles. The maximum absolute atomic E-state index is 13.0. The number of methoxy groups -OCH3 is 1. The number of hydrogen-bond acceptors (Lipinski definition) is 4. The summed E-state index contributed by atoms with van der Waals surface area (Å²) >= 11 is 0. The Morgan fingerprint density at radius 3 is 2.38 bits per heavy atom. The molecule has 0 bridgehead atoms. The molecule has 1 heterocycles. The average Bonchev–Trinajstić information content (AvgIpc) is 3.23. The van der Waals surface area contributed by atoms with Crippen molar-refractivity contribution in [3.63, 3.8) is 0 Å². The van der Waals surface area contributed by atoms with E-state index < -0.39 is 6.04 Å². The van der Waals surface area contributed by atoms with Gasteiger partial charge in [0.05, 0.1) is 30.9 Å². The molecule has 2 N–H and O–H groups in total. The van der Waals surface area contributed by atoms with Crippen molar-refractivity contribution >= 4 is 28.9 Å². The molecule has 0 saturated heterocycles. The van der Waals surface area contributed by atoms with Gasteiger partial charge < -0.3 is 20.3 Å². The molecule has 1 atom stereocenters. The van der Waals surface area contributed by atoms with Crippen LogP contribution in [0.4, 0.5) is 17.1 Å². The third-order valence-electron chi connectivity index (χ3n) is 5.64. The summed E-state index contributed by atoms with van der Waals surface area (Å²) in [4.78, 5) is 27.0. The van der Waals surface area contributed by atoms with Crippen LogP contribution < -0.4 is 20.3 Å². The molecule has 3 aromatic carbocycles. The predicted octanol–water partition coefficient (Wildman–Crippen LogP) is 4.60. The summed E-state index contributed by atoms with van der Waals surface area (Å²) in [6.45, 7) is 2.32. The second-order valence-electron chi connectivity index (χ2n) is 7.83. The van der Waals surface area contributed by atoms with Gasteiger partial charge in [0.1, 0.15) is 5.75 Å². The van der Waals surface area contributed by atoms with Gasteiger partial charge in [0.2, 0.25) is 11.8 Å². The quantitative estimate of drug-likeness (QED) is 0.576. The van der Waals surface area contributed by atoms with Crippen LogP contribution in [0.1, 0.15) is 30.5 Å². The Morgan fingerprint density at radius 2 is 1.66 bits per heavy atom. The van der Waals surface area contributed by atoms with E-state index in [1.165, 1.54) is 18.2 Å². The first kappa shape index (κ1) is 21.4. The van der Waals surface area contributed by atoms with Crippen molar-refractivity contribution in [3.8, 4) is 5.75 Å². The molecule has 2 amide bonds. The molecule has 0 aliphatic carbocycles. The summed E-state index contributed by atoms with van der Waals surface area (Å²) in [6, 6.07) is 23.1. The molecule has 32 heavy (non-hydrogen) atoms. The van der Waals surface area contributed by atoms with Crippen LogP contribution in [0.2, 0.25) is 0 Å². The second-order valence-corrected chi connectivity index (χ2v) is 7.83. The van der Waals surface area contributed by atoms with E-state index in [0.29, 0.717) is 0 Å². The monoisotopic (exact) mass is 429 g/mol.